The SMILES string of the molecule is CCOc1ccc2oc(C(=O)N3CCN([C@@H]4CCS(=O)(=O)C4)CC3)c(C)c2c1. The van der Waals surface area contributed by atoms with E-state index in [1.165, 1.54) is 0 Å². The van der Waals surface area contributed by atoms with Gasteiger partial charge >= 0.3 is 0 Å². The molecule has 3 heterocycles. The number of fused-ring (bicyclic) bond motifs is 1. The number of hydrogen-bond acceptors (Lipinski definition) is 6. The third-order valence-corrected chi connectivity index (χ3v) is 7.49. The lowest BCUT2D eigenvalue weighted by molar-refractivity contribution is 0.0560. The summed E-state index contributed by atoms with van der Waals surface area (Å²) in [4.78, 5) is 17.0. The molecule has 1 aromatic carbocycles. The Morgan fingerprint density at radius 3 is 2.64 bits per heavy atom. The average Bonchev–Trinajstić information content (AvgIpc) is 3.21. The van der Waals surface area contributed by atoms with Gasteiger partial charge in [-0.15, -0.1) is 0 Å². The van der Waals surface area contributed by atoms with E-state index in [-0.39, 0.29) is 23.5 Å². The summed E-state index contributed by atoms with van der Waals surface area (Å²) in [7, 11) is -2.89. The van der Waals surface area contributed by atoms with Crippen molar-refractivity contribution in [2.75, 3.05) is 44.3 Å². The molecule has 0 saturated carbocycles. The Kier molecular flexibility index (Phi) is 5.09. The Labute approximate surface area is 165 Å². The summed E-state index contributed by atoms with van der Waals surface area (Å²) in [6.07, 6.45) is 0.696. The number of nitrogens with zero attached hydrogens (tertiary/aromatic N) is 2. The fraction of sp³-hybridized carbons (Fsp3) is 0.550. The van der Waals surface area contributed by atoms with Gasteiger partial charge in [0.2, 0.25) is 0 Å². The van der Waals surface area contributed by atoms with Crippen LogP contribution < -0.4 is 4.74 Å². The Bertz CT molecular complexity index is 989. The van der Waals surface area contributed by atoms with E-state index in [0.717, 1.165) is 16.7 Å². The molecule has 2 aliphatic rings. The van der Waals surface area contributed by atoms with Gasteiger partial charge in [-0.3, -0.25) is 9.69 Å². The number of ether oxygens (including phenoxy) is 1. The molecule has 7 nitrogen and oxygen atoms in total. The summed E-state index contributed by atoms with van der Waals surface area (Å²) >= 11 is 0. The van der Waals surface area contributed by atoms with Crippen LogP contribution in [0.25, 0.3) is 11.0 Å². The Hall–Kier alpha value is -2.06. The van der Waals surface area contributed by atoms with E-state index in [4.69, 9.17) is 9.15 Å². The van der Waals surface area contributed by atoms with Gasteiger partial charge < -0.3 is 14.1 Å². The first-order valence-electron chi connectivity index (χ1n) is 9.77. The summed E-state index contributed by atoms with van der Waals surface area (Å²) in [5.41, 5.74) is 1.50. The van der Waals surface area contributed by atoms with Crippen LogP contribution in [0.4, 0.5) is 0 Å². The van der Waals surface area contributed by atoms with Crippen molar-refractivity contribution >= 4 is 26.7 Å². The molecule has 0 bridgehead atoms. The summed E-state index contributed by atoms with van der Waals surface area (Å²) in [5, 5.41) is 0.893. The standard InChI is InChI=1S/C20H26N2O5S/c1-3-26-16-4-5-18-17(12-16)14(2)19(27-18)20(23)22-9-7-21(8-10-22)15-6-11-28(24,25)13-15/h4-5,12,15H,3,6-11,13H2,1-2H3/t15-/m1/s1. The number of carbonyl (C=O) groups excluding carboxylic acids is 1. The first-order chi connectivity index (χ1) is 13.4. The first-order valence-corrected chi connectivity index (χ1v) is 11.6. The number of benzene rings is 1. The van der Waals surface area contributed by atoms with Gasteiger partial charge in [-0.2, -0.15) is 0 Å². The zero-order valence-corrected chi connectivity index (χ0v) is 17.1. The molecule has 0 unspecified atom stereocenters. The molecule has 0 radical (unpaired) electrons. The minimum absolute atomic E-state index is 0.0900. The van der Waals surface area contributed by atoms with E-state index in [1.807, 2.05) is 32.0 Å². The third kappa shape index (κ3) is 3.63. The Morgan fingerprint density at radius 2 is 2.00 bits per heavy atom. The highest BCUT2D eigenvalue weighted by Crippen LogP contribution is 2.30. The molecule has 2 saturated heterocycles. The van der Waals surface area contributed by atoms with E-state index < -0.39 is 9.84 Å². The van der Waals surface area contributed by atoms with Gasteiger partial charge in [-0.1, -0.05) is 0 Å². The maximum atomic E-state index is 13.0. The highest BCUT2D eigenvalue weighted by Gasteiger charge is 2.35. The summed E-state index contributed by atoms with van der Waals surface area (Å²) in [6.45, 7) is 6.96. The molecule has 2 aliphatic heterocycles. The van der Waals surface area contributed by atoms with Crippen LogP contribution in [0.15, 0.2) is 22.6 Å². The molecular weight excluding hydrogens is 380 g/mol. The Morgan fingerprint density at radius 1 is 1.25 bits per heavy atom. The lowest BCUT2D eigenvalue weighted by Gasteiger charge is -2.37. The zero-order valence-electron chi connectivity index (χ0n) is 16.3. The van der Waals surface area contributed by atoms with Gasteiger partial charge in [0.05, 0.1) is 18.1 Å². The lowest BCUT2D eigenvalue weighted by Crippen LogP contribution is -2.52. The van der Waals surface area contributed by atoms with Crippen LogP contribution in [0.3, 0.4) is 0 Å². The molecule has 152 valence electrons. The molecule has 1 atom stereocenters. The molecule has 28 heavy (non-hydrogen) atoms. The predicted octanol–water partition coefficient (Wildman–Crippen LogP) is 2.08. The zero-order chi connectivity index (χ0) is 19.9. The van der Waals surface area contributed by atoms with Crippen LogP contribution in [0.5, 0.6) is 5.75 Å². The van der Waals surface area contributed by atoms with Gasteiger partial charge in [0.25, 0.3) is 5.91 Å². The van der Waals surface area contributed by atoms with Gasteiger partial charge in [0, 0.05) is 43.2 Å². The minimum atomic E-state index is -2.89. The second kappa shape index (κ2) is 7.40. The normalized spacial score (nSPS) is 22.6. The van der Waals surface area contributed by atoms with Crippen LogP contribution in [0.1, 0.15) is 29.5 Å². The molecule has 4 rings (SSSR count). The largest absolute Gasteiger partial charge is 0.494 e. The highest BCUT2D eigenvalue weighted by atomic mass is 32.2. The fourth-order valence-corrected chi connectivity index (χ4v) is 5.92. The maximum Gasteiger partial charge on any atom is 0.289 e. The summed E-state index contributed by atoms with van der Waals surface area (Å²) < 4.78 is 34.8. The van der Waals surface area contributed by atoms with Gasteiger partial charge in [-0.25, -0.2) is 8.42 Å². The second-order valence-corrected chi connectivity index (χ2v) is 9.76. The van der Waals surface area contributed by atoms with E-state index in [0.29, 0.717) is 50.5 Å². The lowest BCUT2D eigenvalue weighted by atomic mass is 10.1. The van der Waals surface area contributed by atoms with E-state index in [9.17, 15) is 13.2 Å². The van der Waals surface area contributed by atoms with Crippen molar-refractivity contribution in [2.24, 2.45) is 0 Å². The van der Waals surface area contributed by atoms with Crippen molar-refractivity contribution in [1.29, 1.82) is 0 Å². The molecule has 8 heteroatoms. The van der Waals surface area contributed by atoms with Crippen molar-refractivity contribution in [3.05, 3.63) is 29.5 Å². The van der Waals surface area contributed by atoms with Crippen LogP contribution in [-0.4, -0.2) is 74.5 Å². The van der Waals surface area contributed by atoms with Gasteiger partial charge in [0.15, 0.2) is 15.6 Å². The number of sulfone groups is 1. The fourth-order valence-electron chi connectivity index (χ4n) is 4.16. The number of rotatable bonds is 4. The molecular formula is C20H26N2O5S. The van der Waals surface area contributed by atoms with Crippen LogP contribution in [0.2, 0.25) is 0 Å². The second-order valence-electron chi connectivity index (χ2n) is 7.53. The van der Waals surface area contributed by atoms with Crippen molar-refractivity contribution in [2.45, 2.75) is 26.3 Å². The molecule has 1 amide bonds. The molecule has 0 N–H and O–H groups in total. The molecule has 1 aromatic heterocycles. The topological polar surface area (TPSA) is 80.1 Å². The van der Waals surface area contributed by atoms with E-state index in [2.05, 4.69) is 4.90 Å². The molecule has 0 aliphatic carbocycles. The summed E-state index contributed by atoms with van der Waals surface area (Å²) in [6, 6.07) is 5.68. The average molecular weight is 407 g/mol. The van der Waals surface area contributed by atoms with Gasteiger partial charge in [0.1, 0.15) is 11.3 Å². The maximum absolute atomic E-state index is 13.0. The summed E-state index contributed by atoms with van der Waals surface area (Å²) in [5.74, 6) is 1.55. The van der Waals surface area contributed by atoms with Gasteiger partial charge in [-0.05, 0) is 38.5 Å². The number of carbonyl (C=O) groups is 1. The number of piperazine rings is 1. The smallest absolute Gasteiger partial charge is 0.289 e. The number of aryl methyl sites for hydroxylation is 1. The van der Waals surface area contributed by atoms with Crippen molar-refractivity contribution < 1.29 is 22.4 Å². The first kappa shape index (κ1) is 19.3. The van der Waals surface area contributed by atoms with Crippen molar-refractivity contribution in [3.63, 3.8) is 0 Å². The van der Waals surface area contributed by atoms with E-state index >= 15 is 0 Å². The molecule has 0 spiro atoms. The van der Waals surface area contributed by atoms with Crippen LogP contribution in [-0.2, 0) is 9.84 Å². The number of furan rings is 1. The van der Waals surface area contributed by atoms with Crippen molar-refractivity contribution in [3.8, 4) is 5.75 Å². The Balaban J connectivity index is 1.46. The van der Waals surface area contributed by atoms with Crippen LogP contribution in [0, 0.1) is 6.92 Å². The van der Waals surface area contributed by atoms with Crippen molar-refractivity contribution in [1.82, 2.24) is 9.80 Å². The number of amides is 1. The monoisotopic (exact) mass is 406 g/mol. The third-order valence-electron chi connectivity index (χ3n) is 5.74. The molecule has 2 aromatic rings. The number of hydrogen-bond donors (Lipinski definition) is 0. The minimum Gasteiger partial charge on any atom is -0.494 e. The molecule has 2 fully saturated rings. The van der Waals surface area contributed by atoms with E-state index in [1.54, 1.807) is 4.90 Å². The quantitative estimate of drug-likeness (QED) is 0.774. The predicted molar refractivity (Wildman–Crippen MR) is 107 cm³/mol. The van der Waals surface area contributed by atoms with Crippen LogP contribution >= 0.6 is 0 Å². The highest BCUT2D eigenvalue weighted by molar-refractivity contribution is 7.91.